The fraction of sp³-hybridized carbons (Fsp3) is 1.00. The van der Waals surface area contributed by atoms with Gasteiger partial charge in [0.05, 0.1) is 6.61 Å². The van der Waals surface area contributed by atoms with E-state index >= 15 is 0 Å². The molecule has 80 valence electrons. The van der Waals surface area contributed by atoms with Gasteiger partial charge in [-0.3, -0.25) is 4.90 Å². The molecule has 0 spiro atoms. The summed E-state index contributed by atoms with van der Waals surface area (Å²) in [7, 11) is 3.75. The van der Waals surface area contributed by atoms with Crippen molar-refractivity contribution in [1.82, 2.24) is 10.2 Å². The van der Waals surface area contributed by atoms with E-state index in [1.54, 1.807) is 7.11 Å². The molecule has 0 atom stereocenters. The summed E-state index contributed by atoms with van der Waals surface area (Å²) in [5.41, 5.74) is 0. The maximum absolute atomic E-state index is 5.07. The molecule has 0 aliphatic heterocycles. The van der Waals surface area contributed by atoms with Crippen LogP contribution >= 0.6 is 0 Å². The number of rotatable bonds is 8. The molecule has 0 fully saturated rings. The highest BCUT2D eigenvalue weighted by Gasteiger charge is 2.07. The third kappa shape index (κ3) is 6.99. The lowest BCUT2D eigenvalue weighted by atomic mass is 10.3. The Kier molecular flexibility index (Phi) is 8.40. The highest BCUT2D eigenvalue weighted by Crippen LogP contribution is 1.98. The average Bonchev–Trinajstić information content (AvgIpc) is 2.10. The lowest BCUT2D eigenvalue weighted by Crippen LogP contribution is -2.35. The van der Waals surface area contributed by atoms with Crippen molar-refractivity contribution in [3.8, 4) is 0 Å². The first-order valence-electron chi connectivity index (χ1n) is 5.10. The van der Waals surface area contributed by atoms with Gasteiger partial charge in [0.1, 0.15) is 0 Å². The average molecular weight is 188 g/mol. The second-order valence-electron chi connectivity index (χ2n) is 3.58. The van der Waals surface area contributed by atoms with Crippen LogP contribution in [-0.4, -0.2) is 51.3 Å². The minimum atomic E-state index is 0.618. The van der Waals surface area contributed by atoms with Gasteiger partial charge in [-0.1, -0.05) is 0 Å². The minimum absolute atomic E-state index is 0.618. The molecule has 0 bridgehead atoms. The normalized spacial score (nSPS) is 11.5. The fourth-order valence-electron chi connectivity index (χ4n) is 1.30. The second-order valence-corrected chi connectivity index (χ2v) is 3.58. The van der Waals surface area contributed by atoms with E-state index < -0.39 is 0 Å². The molecular formula is C10H24N2O. The zero-order valence-corrected chi connectivity index (χ0v) is 9.47. The summed E-state index contributed by atoms with van der Waals surface area (Å²) in [4.78, 5) is 2.45. The highest BCUT2D eigenvalue weighted by atomic mass is 16.5. The van der Waals surface area contributed by atoms with E-state index in [0.29, 0.717) is 6.04 Å². The Bertz CT molecular complexity index is 107. The van der Waals surface area contributed by atoms with Crippen LogP contribution in [0.15, 0.2) is 0 Å². The summed E-state index contributed by atoms with van der Waals surface area (Å²) >= 11 is 0. The van der Waals surface area contributed by atoms with Gasteiger partial charge in [-0.05, 0) is 40.4 Å². The zero-order valence-electron chi connectivity index (χ0n) is 9.47. The summed E-state index contributed by atoms with van der Waals surface area (Å²) in [6.07, 6.45) is 1.21. The van der Waals surface area contributed by atoms with Crippen LogP contribution in [0.1, 0.15) is 20.3 Å². The Morgan fingerprint density at radius 3 is 2.46 bits per heavy atom. The maximum Gasteiger partial charge on any atom is 0.0589 e. The van der Waals surface area contributed by atoms with Gasteiger partial charge >= 0.3 is 0 Å². The van der Waals surface area contributed by atoms with Crippen molar-refractivity contribution in [3.05, 3.63) is 0 Å². The second kappa shape index (κ2) is 8.48. The van der Waals surface area contributed by atoms with Crippen molar-refractivity contribution in [2.24, 2.45) is 0 Å². The maximum atomic E-state index is 5.07. The van der Waals surface area contributed by atoms with Crippen molar-refractivity contribution in [3.63, 3.8) is 0 Å². The van der Waals surface area contributed by atoms with Crippen molar-refractivity contribution in [2.45, 2.75) is 26.3 Å². The Morgan fingerprint density at radius 1 is 1.31 bits per heavy atom. The van der Waals surface area contributed by atoms with Crippen LogP contribution in [0, 0.1) is 0 Å². The highest BCUT2D eigenvalue weighted by molar-refractivity contribution is 4.62. The first-order valence-corrected chi connectivity index (χ1v) is 5.10. The molecule has 0 saturated heterocycles. The topological polar surface area (TPSA) is 24.5 Å². The summed E-state index contributed by atoms with van der Waals surface area (Å²) < 4.78 is 5.07. The molecular weight excluding hydrogens is 164 g/mol. The van der Waals surface area contributed by atoms with Gasteiger partial charge in [-0.15, -0.1) is 0 Å². The van der Waals surface area contributed by atoms with E-state index in [1.165, 1.54) is 6.42 Å². The molecule has 0 unspecified atom stereocenters. The van der Waals surface area contributed by atoms with Crippen LogP contribution < -0.4 is 5.32 Å². The smallest absolute Gasteiger partial charge is 0.0589 e. The Balaban J connectivity index is 3.54. The Labute approximate surface area is 82.4 Å². The third-order valence-corrected chi connectivity index (χ3v) is 2.19. The van der Waals surface area contributed by atoms with Crippen molar-refractivity contribution >= 4 is 0 Å². The summed E-state index contributed by atoms with van der Waals surface area (Å²) in [6.45, 7) is 8.58. The van der Waals surface area contributed by atoms with Crippen molar-refractivity contribution < 1.29 is 4.74 Å². The lowest BCUT2D eigenvalue weighted by Gasteiger charge is -2.25. The van der Waals surface area contributed by atoms with Crippen LogP contribution in [0.3, 0.4) is 0 Å². The summed E-state index contributed by atoms with van der Waals surface area (Å²) in [5, 5.41) is 3.16. The Morgan fingerprint density at radius 2 is 2.00 bits per heavy atom. The SMILES string of the molecule is CNCCCN(CCOC)C(C)C. The van der Waals surface area contributed by atoms with Crippen molar-refractivity contribution in [2.75, 3.05) is 40.4 Å². The molecule has 0 aromatic rings. The fourth-order valence-corrected chi connectivity index (χ4v) is 1.30. The first kappa shape index (κ1) is 12.9. The predicted molar refractivity (Wildman–Crippen MR) is 57.1 cm³/mol. The molecule has 0 aromatic carbocycles. The summed E-state index contributed by atoms with van der Waals surface area (Å²) in [6, 6.07) is 0.618. The van der Waals surface area contributed by atoms with E-state index in [4.69, 9.17) is 4.74 Å². The van der Waals surface area contributed by atoms with E-state index in [9.17, 15) is 0 Å². The molecule has 3 heteroatoms. The number of nitrogens with zero attached hydrogens (tertiary/aromatic N) is 1. The molecule has 0 amide bonds. The number of nitrogens with one attached hydrogen (secondary N) is 1. The van der Waals surface area contributed by atoms with Gasteiger partial charge in [0.2, 0.25) is 0 Å². The van der Waals surface area contributed by atoms with Gasteiger partial charge in [-0.25, -0.2) is 0 Å². The van der Waals surface area contributed by atoms with E-state index in [0.717, 1.165) is 26.2 Å². The first-order chi connectivity index (χ1) is 6.22. The van der Waals surface area contributed by atoms with Crippen LogP contribution in [0.25, 0.3) is 0 Å². The molecule has 0 aromatic heterocycles. The molecule has 13 heavy (non-hydrogen) atoms. The zero-order chi connectivity index (χ0) is 10.1. The minimum Gasteiger partial charge on any atom is -0.383 e. The summed E-state index contributed by atoms with van der Waals surface area (Å²) in [5.74, 6) is 0. The van der Waals surface area contributed by atoms with Crippen molar-refractivity contribution in [1.29, 1.82) is 0 Å². The lowest BCUT2D eigenvalue weighted by molar-refractivity contribution is 0.129. The third-order valence-electron chi connectivity index (χ3n) is 2.19. The van der Waals surface area contributed by atoms with Crippen LogP contribution in [0.4, 0.5) is 0 Å². The molecule has 0 heterocycles. The molecule has 3 nitrogen and oxygen atoms in total. The number of hydrogen-bond donors (Lipinski definition) is 1. The van der Waals surface area contributed by atoms with Gasteiger partial charge in [0.25, 0.3) is 0 Å². The standard InChI is InChI=1S/C10H24N2O/c1-10(2)12(8-9-13-4)7-5-6-11-3/h10-11H,5-9H2,1-4H3. The number of methoxy groups -OCH3 is 1. The van der Waals surface area contributed by atoms with Gasteiger partial charge < -0.3 is 10.1 Å². The van der Waals surface area contributed by atoms with E-state index in [-0.39, 0.29) is 0 Å². The molecule has 0 rings (SSSR count). The molecule has 0 saturated carbocycles. The largest absolute Gasteiger partial charge is 0.383 e. The van der Waals surface area contributed by atoms with Gasteiger partial charge in [0, 0.05) is 19.7 Å². The molecule has 1 N–H and O–H groups in total. The molecule has 0 radical (unpaired) electrons. The van der Waals surface area contributed by atoms with Crippen LogP contribution in [0.5, 0.6) is 0 Å². The predicted octanol–water partition coefficient (Wildman–Crippen LogP) is 0.953. The van der Waals surface area contributed by atoms with E-state index in [1.807, 2.05) is 7.05 Å². The molecule has 0 aliphatic rings. The van der Waals surface area contributed by atoms with E-state index in [2.05, 4.69) is 24.1 Å². The van der Waals surface area contributed by atoms with Gasteiger partial charge in [-0.2, -0.15) is 0 Å². The molecule has 0 aliphatic carbocycles. The van der Waals surface area contributed by atoms with Crippen LogP contribution in [-0.2, 0) is 4.74 Å². The Hall–Kier alpha value is -0.120. The number of ether oxygens (including phenoxy) is 1. The van der Waals surface area contributed by atoms with Crippen LogP contribution in [0.2, 0.25) is 0 Å². The number of hydrogen-bond acceptors (Lipinski definition) is 3. The monoisotopic (exact) mass is 188 g/mol. The van der Waals surface area contributed by atoms with Gasteiger partial charge in [0.15, 0.2) is 0 Å². The quantitative estimate of drug-likeness (QED) is 0.574.